The summed E-state index contributed by atoms with van der Waals surface area (Å²) in [4.78, 5) is 24.7. The number of benzene rings is 1. The Morgan fingerprint density at radius 3 is 3.00 bits per heavy atom. The van der Waals surface area contributed by atoms with Crippen LogP contribution in [0.2, 0.25) is 0 Å². The number of nitrogens with zero attached hydrogens (tertiary/aromatic N) is 1. The molecule has 1 fully saturated rings. The van der Waals surface area contributed by atoms with Gasteiger partial charge >= 0.3 is 0 Å². The summed E-state index contributed by atoms with van der Waals surface area (Å²) < 4.78 is 5.44. The Hall–Kier alpha value is -2.30. The van der Waals surface area contributed by atoms with E-state index in [2.05, 4.69) is 0 Å². The number of primary amides is 1. The van der Waals surface area contributed by atoms with Crippen molar-refractivity contribution in [3.63, 3.8) is 0 Å². The summed E-state index contributed by atoms with van der Waals surface area (Å²) in [5, 5.41) is 1.01. The maximum absolute atomic E-state index is 11.9. The fourth-order valence-corrected chi connectivity index (χ4v) is 2.50. The second-order valence-electron chi connectivity index (χ2n) is 4.83. The molecule has 2 N–H and O–H groups in total. The second kappa shape index (κ2) is 4.42. The van der Waals surface area contributed by atoms with E-state index in [1.807, 2.05) is 24.3 Å². The second-order valence-corrected chi connectivity index (χ2v) is 4.83. The Bertz CT molecular complexity index is 647. The first-order chi connectivity index (χ1) is 9.15. The Morgan fingerprint density at radius 2 is 2.26 bits per heavy atom. The zero-order valence-electron chi connectivity index (χ0n) is 10.3. The quantitative estimate of drug-likeness (QED) is 0.900. The van der Waals surface area contributed by atoms with Crippen molar-refractivity contribution in [1.82, 2.24) is 4.90 Å². The molecule has 1 aromatic carbocycles. The number of amides is 2. The molecule has 1 aliphatic rings. The lowest BCUT2D eigenvalue weighted by Gasteiger charge is -2.16. The number of fused-ring (bicyclic) bond motifs is 1. The van der Waals surface area contributed by atoms with Gasteiger partial charge in [-0.2, -0.15) is 0 Å². The molecule has 0 spiro atoms. The number of hydrogen-bond acceptors (Lipinski definition) is 3. The highest BCUT2D eigenvalue weighted by atomic mass is 16.3. The normalized spacial score (nSPS) is 19.3. The molecule has 2 heterocycles. The molecule has 0 unspecified atom stereocenters. The third kappa shape index (κ3) is 2.07. The van der Waals surface area contributed by atoms with Crippen molar-refractivity contribution >= 4 is 22.8 Å². The van der Waals surface area contributed by atoms with E-state index in [4.69, 9.17) is 10.2 Å². The average Bonchev–Trinajstić information content (AvgIpc) is 2.97. The largest absolute Gasteiger partial charge is 0.464 e. The smallest absolute Gasteiger partial charge is 0.223 e. The van der Waals surface area contributed by atoms with Crippen LogP contribution in [0.4, 0.5) is 0 Å². The van der Waals surface area contributed by atoms with Gasteiger partial charge in [0.1, 0.15) is 5.58 Å². The molecular weight excluding hydrogens is 244 g/mol. The molecule has 2 amide bonds. The van der Waals surface area contributed by atoms with Gasteiger partial charge in [0, 0.05) is 30.5 Å². The van der Waals surface area contributed by atoms with Gasteiger partial charge in [0.15, 0.2) is 0 Å². The minimum absolute atomic E-state index is 0.0349. The SMILES string of the molecule is NC(=O)[C@H]1CC(=O)N(Cc2cccc3ccoc23)C1. The number of carbonyl (C=O) groups excluding carboxylic acids is 2. The molecule has 19 heavy (non-hydrogen) atoms. The highest BCUT2D eigenvalue weighted by Gasteiger charge is 2.33. The zero-order valence-corrected chi connectivity index (χ0v) is 10.3. The van der Waals surface area contributed by atoms with Gasteiger partial charge in [-0.15, -0.1) is 0 Å². The van der Waals surface area contributed by atoms with Gasteiger partial charge in [-0.25, -0.2) is 0 Å². The van der Waals surface area contributed by atoms with Crippen molar-refractivity contribution in [2.24, 2.45) is 11.7 Å². The molecule has 5 nitrogen and oxygen atoms in total. The summed E-state index contributed by atoms with van der Waals surface area (Å²) in [6, 6.07) is 7.70. The summed E-state index contributed by atoms with van der Waals surface area (Å²) in [6.45, 7) is 0.846. The van der Waals surface area contributed by atoms with Crippen LogP contribution in [0.5, 0.6) is 0 Å². The highest BCUT2D eigenvalue weighted by molar-refractivity contribution is 5.88. The molecule has 1 aliphatic heterocycles. The number of furan rings is 1. The molecule has 1 atom stereocenters. The molecule has 1 saturated heterocycles. The van der Waals surface area contributed by atoms with Gasteiger partial charge < -0.3 is 15.1 Å². The summed E-state index contributed by atoms with van der Waals surface area (Å²) in [5.74, 6) is -0.817. The van der Waals surface area contributed by atoms with E-state index < -0.39 is 5.91 Å². The van der Waals surface area contributed by atoms with Gasteiger partial charge in [0.25, 0.3) is 0 Å². The van der Waals surface area contributed by atoms with E-state index in [1.54, 1.807) is 11.2 Å². The standard InChI is InChI=1S/C14H14N2O3/c15-14(18)11-6-12(17)16(8-11)7-10-3-1-2-9-4-5-19-13(9)10/h1-5,11H,6-8H2,(H2,15,18)/t11-/m0/s1. The molecule has 98 valence electrons. The van der Waals surface area contributed by atoms with Crippen molar-refractivity contribution in [3.8, 4) is 0 Å². The topological polar surface area (TPSA) is 76.5 Å². The van der Waals surface area contributed by atoms with E-state index in [-0.39, 0.29) is 18.2 Å². The van der Waals surface area contributed by atoms with Gasteiger partial charge in [-0.3, -0.25) is 9.59 Å². The number of hydrogen-bond donors (Lipinski definition) is 1. The molecule has 0 radical (unpaired) electrons. The van der Waals surface area contributed by atoms with Crippen LogP contribution in [0.25, 0.3) is 11.0 Å². The predicted octanol–water partition coefficient (Wildman–Crippen LogP) is 1.27. The molecule has 1 aromatic heterocycles. The molecule has 0 aliphatic carbocycles. The Kier molecular flexibility index (Phi) is 2.74. The zero-order chi connectivity index (χ0) is 13.4. The predicted molar refractivity (Wildman–Crippen MR) is 68.9 cm³/mol. The van der Waals surface area contributed by atoms with Crippen molar-refractivity contribution < 1.29 is 14.0 Å². The average molecular weight is 258 g/mol. The summed E-state index contributed by atoms with van der Waals surface area (Å²) >= 11 is 0. The number of rotatable bonds is 3. The number of para-hydroxylation sites is 1. The van der Waals surface area contributed by atoms with Crippen molar-refractivity contribution in [1.29, 1.82) is 0 Å². The van der Waals surface area contributed by atoms with Gasteiger partial charge in [-0.05, 0) is 6.07 Å². The monoisotopic (exact) mass is 258 g/mol. The van der Waals surface area contributed by atoms with Gasteiger partial charge in [-0.1, -0.05) is 18.2 Å². The maximum atomic E-state index is 11.9. The van der Waals surface area contributed by atoms with Gasteiger partial charge in [0.2, 0.25) is 11.8 Å². The van der Waals surface area contributed by atoms with Crippen molar-refractivity contribution in [2.45, 2.75) is 13.0 Å². The van der Waals surface area contributed by atoms with E-state index in [0.29, 0.717) is 13.1 Å². The summed E-state index contributed by atoms with van der Waals surface area (Å²) in [7, 11) is 0. The number of carbonyl (C=O) groups is 2. The summed E-state index contributed by atoms with van der Waals surface area (Å²) in [5.41, 5.74) is 6.99. The molecule has 3 rings (SSSR count). The maximum Gasteiger partial charge on any atom is 0.223 e. The van der Waals surface area contributed by atoms with Crippen LogP contribution in [-0.4, -0.2) is 23.3 Å². The Labute approximate surface area is 110 Å². The van der Waals surface area contributed by atoms with E-state index in [0.717, 1.165) is 16.5 Å². The van der Waals surface area contributed by atoms with Crippen LogP contribution in [0.3, 0.4) is 0 Å². The van der Waals surface area contributed by atoms with E-state index >= 15 is 0 Å². The molecule has 5 heteroatoms. The lowest BCUT2D eigenvalue weighted by atomic mass is 10.1. The van der Waals surface area contributed by atoms with Crippen molar-refractivity contribution in [2.75, 3.05) is 6.54 Å². The van der Waals surface area contributed by atoms with E-state index in [1.165, 1.54) is 0 Å². The van der Waals surface area contributed by atoms with Crippen LogP contribution >= 0.6 is 0 Å². The minimum atomic E-state index is -0.410. The van der Waals surface area contributed by atoms with Crippen LogP contribution in [0, 0.1) is 5.92 Å². The third-order valence-electron chi connectivity index (χ3n) is 3.54. The number of likely N-dealkylation sites (tertiary alicyclic amines) is 1. The lowest BCUT2D eigenvalue weighted by Crippen LogP contribution is -2.28. The first-order valence-corrected chi connectivity index (χ1v) is 6.17. The number of nitrogens with two attached hydrogens (primary N) is 1. The first-order valence-electron chi connectivity index (χ1n) is 6.17. The molecule has 2 aromatic rings. The highest BCUT2D eigenvalue weighted by Crippen LogP contribution is 2.24. The van der Waals surface area contributed by atoms with Crippen molar-refractivity contribution in [3.05, 3.63) is 36.1 Å². The lowest BCUT2D eigenvalue weighted by molar-refractivity contribution is -0.128. The van der Waals surface area contributed by atoms with Crippen LogP contribution in [0.15, 0.2) is 34.9 Å². The van der Waals surface area contributed by atoms with Crippen LogP contribution < -0.4 is 5.73 Å². The Balaban J connectivity index is 1.84. The molecule has 0 saturated carbocycles. The Morgan fingerprint density at radius 1 is 1.42 bits per heavy atom. The first kappa shape index (κ1) is 11.8. The van der Waals surface area contributed by atoms with Crippen LogP contribution in [-0.2, 0) is 16.1 Å². The van der Waals surface area contributed by atoms with E-state index in [9.17, 15) is 9.59 Å². The summed E-state index contributed by atoms with van der Waals surface area (Å²) in [6.07, 6.45) is 1.84. The molecular formula is C14H14N2O3. The molecule has 0 bridgehead atoms. The minimum Gasteiger partial charge on any atom is -0.464 e. The third-order valence-corrected chi connectivity index (χ3v) is 3.54. The fourth-order valence-electron chi connectivity index (χ4n) is 2.50. The fraction of sp³-hybridized carbons (Fsp3) is 0.286. The van der Waals surface area contributed by atoms with Crippen LogP contribution in [0.1, 0.15) is 12.0 Å². The van der Waals surface area contributed by atoms with Gasteiger partial charge in [0.05, 0.1) is 12.2 Å².